The topological polar surface area (TPSA) is 282 Å². The van der Waals surface area contributed by atoms with Crippen molar-refractivity contribution < 1.29 is 58.8 Å². The van der Waals surface area contributed by atoms with Gasteiger partial charge in [0.1, 0.15) is 24.7 Å². The van der Waals surface area contributed by atoms with E-state index in [-0.39, 0.29) is 13.0 Å². The summed E-state index contributed by atoms with van der Waals surface area (Å²) in [4.78, 5) is 84.0. The standard InChI is InChI=1S/C42H64N10O11S/c53-35(15-12-33(39(59)60)47-41(63)48-34(40(61)62)14-17-37(56)57)46-32(13-16-36(54)55)38(58)43-18-4-1-2-5-19-44-42(64)45-31-10-8-28(9-11-31)25-30-26-51-24-23-50-22-21-49-20-6-3-7-29(30)27-52(49,50)51/h8-11,29-30,32-34H,1-7,12-27H2,(H9-,43,44,45,46,47,48,53,54,55,56,57,58,59,60,61,62,63,64)/p+1/t29-,30?,32-,33-,34?,52?/m0/s1. The molecule has 2 bridgehead atoms. The Balaban J connectivity index is 0.948. The van der Waals surface area contributed by atoms with Crippen molar-refractivity contribution in [2.75, 3.05) is 64.2 Å². The Morgan fingerprint density at radius 3 is 1.84 bits per heavy atom. The maximum Gasteiger partial charge on any atom is 0.326 e. The van der Waals surface area contributed by atoms with Crippen molar-refractivity contribution in [3.05, 3.63) is 29.8 Å². The first-order valence-electron chi connectivity index (χ1n) is 22.5. The molecule has 6 atom stereocenters. The van der Waals surface area contributed by atoms with E-state index in [1.54, 1.807) is 0 Å². The number of carboxylic acid groups (broad SMARTS) is 4. The van der Waals surface area contributed by atoms with Gasteiger partial charge in [-0.05, 0) is 87.2 Å². The number of hydrogen-bond acceptors (Lipinski definition) is 11. The zero-order valence-electron chi connectivity index (χ0n) is 36.3. The second-order valence-electron chi connectivity index (χ2n) is 17.1. The molecule has 4 aliphatic rings. The summed E-state index contributed by atoms with van der Waals surface area (Å²) in [5, 5.41) is 61.1. The lowest BCUT2D eigenvalue weighted by Gasteiger charge is -2.52. The molecule has 0 saturated carbocycles. The Labute approximate surface area is 378 Å². The summed E-state index contributed by atoms with van der Waals surface area (Å²) in [5.74, 6) is -5.53. The molecule has 21 nitrogen and oxygen atoms in total. The summed E-state index contributed by atoms with van der Waals surface area (Å²) in [6.07, 6.45) is 5.52. The number of carbonyl (C=O) groups is 7. The molecule has 4 aliphatic heterocycles. The third kappa shape index (κ3) is 14.4. The summed E-state index contributed by atoms with van der Waals surface area (Å²) in [6, 6.07) is 2.97. The number of urea groups is 1. The number of aliphatic carboxylic acids is 4. The fourth-order valence-corrected chi connectivity index (χ4v) is 9.52. The van der Waals surface area contributed by atoms with E-state index in [0.29, 0.717) is 24.0 Å². The lowest BCUT2D eigenvalue weighted by Crippen LogP contribution is -2.72. The van der Waals surface area contributed by atoms with Gasteiger partial charge < -0.3 is 52.3 Å². The van der Waals surface area contributed by atoms with E-state index in [1.165, 1.54) is 51.0 Å². The first-order valence-corrected chi connectivity index (χ1v) is 22.9. The summed E-state index contributed by atoms with van der Waals surface area (Å²) >= 11 is 5.54. The van der Waals surface area contributed by atoms with Crippen LogP contribution in [0.5, 0.6) is 0 Å². The zero-order valence-corrected chi connectivity index (χ0v) is 37.1. The number of hydrogen-bond donors (Lipinski definition) is 10. The van der Waals surface area contributed by atoms with Gasteiger partial charge in [0.05, 0.1) is 39.3 Å². The van der Waals surface area contributed by atoms with Gasteiger partial charge >= 0.3 is 29.9 Å². The van der Waals surface area contributed by atoms with Crippen LogP contribution in [0.2, 0.25) is 0 Å². The molecule has 10 N–H and O–H groups in total. The van der Waals surface area contributed by atoms with Crippen LogP contribution in [0, 0.1) is 11.8 Å². The molecular weight excluding hydrogens is 853 g/mol. The van der Waals surface area contributed by atoms with Crippen LogP contribution in [0.25, 0.3) is 0 Å². The molecule has 4 amide bonds. The van der Waals surface area contributed by atoms with Gasteiger partial charge in [0, 0.05) is 44.0 Å². The van der Waals surface area contributed by atoms with Gasteiger partial charge in [0.15, 0.2) is 5.11 Å². The van der Waals surface area contributed by atoms with Crippen molar-refractivity contribution in [3.8, 4) is 0 Å². The normalized spacial score (nSPS) is 22.1. The number of amides is 4. The molecule has 4 fully saturated rings. The Kier molecular flexibility index (Phi) is 18.9. The van der Waals surface area contributed by atoms with E-state index >= 15 is 0 Å². The molecule has 64 heavy (non-hydrogen) atoms. The average molecular weight is 918 g/mol. The number of carbonyl (C=O) groups excluding carboxylic acids is 3. The third-order valence-electron chi connectivity index (χ3n) is 12.6. The lowest BCUT2D eigenvalue weighted by molar-refractivity contribution is -1.19. The molecule has 1 aromatic rings. The molecule has 5 rings (SSSR count). The highest BCUT2D eigenvalue weighted by molar-refractivity contribution is 7.80. The monoisotopic (exact) mass is 917 g/mol. The minimum atomic E-state index is -1.64. The number of fused-ring (bicyclic) bond motifs is 1. The summed E-state index contributed by atoms with van der Waals surface area (Å²) in [6.45, 7) is 9.15. The molecule has 4 heterocycles. The Morgan fingerprint density at radius 1 is 0.672 bits per heavy atom. The van der Waals surface area contributed by atoms with Crippen LogP contribution in [0.15, 0.2) is 24.3 Å². The maximum atomic E-state index is 12.9. The third-order valence-corrected chi connectivity index (χ3v) is 12.9. The number of nitrogens with zero attached hydrogens (tertiary/aromatic N) is 4. The van der Waals surface area contributed by atoms with Gasteiger partial charge in [-0.3, -0.25) is 19.2 Å². The molecule has 22 heteroatoms. The van der Waals surface area contributed by atoms with E-state index < -0.39 is 92.0 Å². The van der Waals surface area contributed by atoms with Gasteiger partial charge in [0.25, 0.3) is 0 Å². The molecule has 0 aromatic heterocycles. The van der Waals surface area contributed by atoms with Gasteiger partial charge in [-0.2, -0.15) is 0 Å². The predicted molar refractivity (Wildman–Crippen MR) is 236 cm³/mol. The van der Waals surface area contributed by atoms with Gasteiger partial charge in [-0.25, -0.2) is 14.4 Å². The number of benzene rings is 1. The predicted octanol–water partition coefficient (Wildman–Crippen LogP) is 1.32. The van der Waals surface area contributed by atoms with E-state index in [9.17, 15) is 43.8 Å². The summed E-state index contributed by atoms with van der Waals surface area (Å²) in [5.41, 5.74) is 2.29. The van der Waals surface area contributed by atoms with E-state index in [0.717, 1.165) is 61.7 Å². The molecule has 1 spiro atoms. The van der Waals surface area contributed by atoms with Crippen molar-refractivity contribution in [1.82, 2.24) is 41.6 Å². The van der Waals surface area contributed by atoms with Crippen molar-refractivity contribution in [1.29, 1.82) is 0 Å². The van der Waals surface area contributed by atoms with Crippen molar-refractivity contribution in [2.45, 2.75) is 108 Å². The van der Waals surface area contributed by atoms with E-state index in [2.05, 4.69) is 60.6 Å². The molecule has 1 aromatic carbocycles. The van der Waals surface area contributed by atoms with Crippen LogP contribution in [0.3, 0.4) is 0 Å². The fourth-order valence-electron chi connectivity index (χ4n) is 9.30. The van der Waals surface area contributed by atoms with Crippen LogP contribution in [0.1, 0.15) is 89.0 Å². The Hall–Kier alpha value is -5.16. The second-order valence-corrected chi connectivity index (χ2v) is 17.5. The van der Waals surface area contributed by atoms with Crippen molar-refractivity contribution >= 4 is 64.7 Å². The highest BCUT2D eigenvalue weighted by Gasteiger charge is 2.61. The summed E-state index contributed by atoms with van der Waals surface area (Å²) < 4.78 is 0. The molecule has 354 valence electrons. The smallest absolute Gasteiger partial charge is 0.326 e. The first-order chi connectivity index (χ1) is 30.6. The van der Waals surface area contributed by atoms with Crippen LogP contribution in [0.4, 0.5) is 10.5 Å². The van der Waals surface area contributed by atoms with Crippen molar-refractivity contribution in [2.24, 2.45) is 11.8 Å². The lowest BCUT2D eigenvalue weighted by atomic mass is 9.81. The molecule has 0 radical (unpaired) electrons. The molecule has 4 saturated heterocycles. The fraction of sp³-hybridized carbons (Fsp3) is 0.667. The minimum absolute atomic E-state index is 0.218. The Morgan fingerprint density at radius 2 is 1.23 bits per heavy atom. The number of carboxylic acids is 4. The van der Waals surface area contributed by atoms with Crippen molar-refractivity contribution in [3.63, 3.8) is 0 Å². The van der Waals surface area contributed by atoms with Gasteiger partial charge in [-0.15, -0.1) is 15.0 Å². The largest absolute Gasteiger partial charge is 0.481 e. The quantitative estimate of drug-likeness (QED) is 0.0376. The van der Waals surface area contributed by atoms with E-state index in [4.69, 9.17) is 22.4 Å². The molecular formula is C42H65N10O11S+. The number of nitrogens with one attached hydrogen (secondary N) is 6. The maximum absolute atomic E-state index is 12.9. The van der Waals surface area contributed by atoms with Crippen LogP contribution in [-0.2, 0) is 35.2 Å². The highest BCUT2D eigenvalue weighted by atomic mass is 32.1. The van der Waals surface area contributed by atoms with Crippen LogP contribution >= 0.6 is 12.2 Å². The number of quaternary nitrogens is 1. The second kappa shape index (κ2) is 24.2. The molecule has 3 unspecified atom stereocenters. The van der Waals surface area contributed by atoms with Crippen LogP contribution in [-0.4, -0.2) is 164 Å². The number of unbranched alkanes of at least 4 members (excludes halogenated alkanes) is 3. The SMILES string of the molecule is O=C(O)CCC(NC(=O)N[C@@H](CCC(=O)N[C@@H](CCC(=O)O)C(=O)NCCCCCCNC(=S)Nc1ccc(CC2CN3CCN4CCN5CCCC[C@H]2C[N+]543)cc1)C(=O)O)C(=O)O. The number of rotatable bonds is 25. The molecule has 0 aliphatic carbocycles. The average Bonchev–Trinajstić information content (AvgIpc) is 3.77. The Bertz CT molecular complexity index is 1830. The highest BCUT2D eigenvalue weighted by Crippen LogP contribution is 2.43. The zero-order chi connectivity index (χ0) is 46.2. The minimum Gasteiger partial charge on any atom is -0.481 e. The number of anilines is 1. The van der Waals surface area contributed by atoms with Gasteiger partial charge in [0.2, 0.25) is 11.8 Å². The first kappa shape index (κ1) is 49.8. The van der Waals surface area contributed by atoms with Crippen LogP contribution < -0.4 is 31.9 Å². The van der Waals surface area contributed by atoms with E-state index in [1.807, 2.05) is 10.6 Å². The summed E-state index contributed by atoms with van der Waals surface area (Å²) in [7, 11) is 0. The van der Waals surface area contributed by atoms with Gasteiger partial charge in [-0.1, -0.05) is 36.2 Å². The number of thiocarbonyl (C=S) groups is 1.